The van der Waals surface area contributed by atoms with E-state index in [-0.39, 0.29) is 11.8 Å². The maximum atomic E-state index is 11.8. The second kappa shape index (κ2) is 11.1. The molecule has 0 aromatic carbocycles. The van der Waals surface area contributed by atoms with E-state index in [1.165, 1.54) is 38.5 Å². The number of amides is 1. The summed E-state index contributed by atoms with van der Waals surface area (Å²) in [6, 6.07) is 0. The third-order valence-electron chi connectivity index (χ3n) is 3.94. The molecule has 0 radical (unpaired) electrons. The molecule has 0 bridgehead atoms. The Balaban J connectivity index is 1.83. The van der Waals surface area contributed by atoms with Gasteiger partial charge in [-0.3, -0.25) is 4.79 Å². The van der Waals surface area contributed by atoms with Crippen LogP contribution in [-0.4, -0.2) is 50.7 Å². The van der Waals surface area contributed by atoms with E-state index in [4.69, 9.17) is 4.74 Å². The fourth-order valence-corrected chi connectivity index (χ4v) is 2.67. The molecule has 0 unspecified atom stereocenters. The number of unbranched alkanes of at least 4 members (excludes halogenated alkanes) is 5. The van der Waals surface area contributed by atoms with Crippen LogP contribution in [0, 0.1) is 5.92 Å². The zero-order valence-electron chi connectivity index (χ0n) is 13.3. The van der Waals surface area contributed by atoms with Crippen LogP contribution in [0.15, 0.2) is 0 Å². The molecule has 4 nitrogen and oxygen atoms in total. The van der Waals surface area contributed by atoms with Crippen LogP contribution in [0.5, 0.6) is 0 Å². The van der Waals surface area contributed by atoms with Gasteiger partial charge in [-0.2, -0.15) is 0 Å². The van der Waals surface area contributed by atoms with Gasteiger partial charge in [-0.25, -0.2) is 0 Å². The van der Waals surface area contributed by atoms with Crippen LogP contribution in [0.2, 0.25) is 0 Å². The summed E-state index contributed by atoms with van der Waals surface area (Å²) < 4.78 is 5.02. The molecule has 0 atom stereocenters. The number of nitrogens with zero attached hydrogens (tertiary/aromatic N) is 1. The Morgan fingerprint density at radius 3 is 2.45 bits per heavy atom. The molecular formula is C16H32N2O2. The first-order valence-electron chi connectivity index (χ1n) is 8.27. The van der Waals surface area contributed by atoms with Gasteiger partial charge in [0.1, 0.15) is 0 Å². The molecule has 20 heavy (non-hydrogen) atoms. The Morgan fingerprint density at radius 2 is 1.80 bits per heavy atom. The SMILES string of the molecule is CCCN1CC(C(=O)NCCCCCCCCOC)C1. The molecule has 0 aromatic heterocycles. The lowest BCUT2D eigenvalue weighted by atomic mass is 9.99. The molecule has 4 heteroatoms. The summed E-state index contributed by atoms with van der Waals surface area (Å²) >= 11 is 0. The molecule has 0 aliphatic carbocycles. The van der Waals surface area contributed by atoms with Crippen molar-refractivity contribution in [3.8, 4) is 0 Å². The highest BCUT2D eigenvalue weighted by atomic mass is 16.5. The zero-order chi connectivity index (χ0) is 14.6. The van der Waals surface area contributed by atoms with Crippen LogP contribution in [0.25, 0.3) is 0 Å². The van der Waals surface area contributed by atoms with E-state index in [0.717, 1.165) is 39.2 Å². The number of hydrogen-bond acceptors (Lipinski definition) is 3. The van der Waals surface area contributed by atoms with Gasteiger partial charge in [0, 0.05) is 33.4 Å². The minimum Gasteiger partial charge on any atom is -0.385 e. The maximum Gasteiger partial charge on any atom is 0.225 e. The lowest BCUT2D eigenvalue weighted by Crippen LogP contribution is -2.53. The summed E-state index contributed by atoms with van der Waals surface area (Å²) in [5.74, 6) is 0.507. The molecule has 1 N–H and O–H groups in total. The lowest BCUT2D eigenvalue weighted by Gasteiger charge is -2.38. The molecule has 0 saturated carbocycles. The van der Waals surface area contributed by atoms with E-state index < -0.39 is 0 Å². The fourth-order valence-electron chi connectivity index (χ4n) is 2.67. The quantitative estimate of drug-likeness (QED) is 0.560. The highest BCUT2D eigenvalue weighted by molar-refractivity contribution is 5.79. The van der Waals surface area contributed by atoms with Gasteiger partial charge in [0.15, 0.2) is 0 Å². The van der Waals surface area contributed by atoms with Crippen LogP contribution in [-0.2, 0) is 9.53 Å². The van der Waals surface area contributed by atoms with Gasteiger partial charge in [0.25, 0.3) is 0 Å². The van der Waals surface area contributed by atoms with Gasteiger partial charge >= 0.3 is 0 Å². The van der Waals surface area contributed by atoms with E-state index in [1.54, 1.807) is 7.11 Å². The van der Waals surface area contributed by atoms with Gasteiger partial charge in [0.05, 0.1) is 5.92 Å². The van der Waals surface area contributed by atoms with Gasteiger partial charge < -0.3 is 15.0 Å². The molecule has 1 aliphatic heterocycles. The van der Waals surface area contributed by atoms with Crippen molar-refractivity contribution < 1.29 is 9.53 Å². The third kappa shape index (κ3) is 7.25. The van der Waals surface area contributed by atoms with Gasteiger partial charge in [-0.1, -0.05) is 32.6 Å². The normalized spacial score (nSPS) is 16.1. The fraction of sp³-hybridized carbons (Fsp3) is 0.938. The molecule has 1 heterocycles. The summed E-state index contributed by atoms with van der Waals surface area (Å²) in [7, 11) is 1.76. The Labute approximate surface area is 124 Å². The Morgan fingerprint density at radius 1 is 1.15 bits per heavy atom. The van der Waals surface area contributed by atoms with Crippen molar-refractivity contribution in [2.75, 3.05) is 39.9 Å². The maximum absolute atomic E-state index is 11.8. The lowest BCUT2D eigenvalue weighted by molar-refractivity contribution is -0.130. The minimum atomic E-state index is 0.246. The number of nitrogens with one attached hydrogen (secondary N) is 1. The average Bonchev–Trinajstić information content (AvgIpc) is 2.40. The minimum absolute atomic E-state index is 0.246. The van der Waals surface area contributed by atoms with E-state index in [9.17, 15) is 4.79 Å². The summed E-state index contributed by atoms with van der Waals surface area (Å²) in [5.41, 5.74) is 0. The standard InChI is InChI=1S/C16H32N2O2/c1-3-11-18-13-15(14-18)16(19)17-10-8-6-4-5-7-9-12-20-2/h15H,3-14H2,1-2H3,(H,17,19). The number of hydrogen-bond donors (Lipinski definition) is 1. The van der Waals surface area contributed by atoms with Gasteiger partial charge in [-0.15, -0.1) is 0 Å². The van der Waals surface area contributed by atoms with E-state index in [0.29, 0.717) is 0 Å². The van der Waals surface area contributed by atoms with E-state index >= 15 is 0 Å². The summed E-state index contributed by atoms with van der Waals surface area (Å²) in [4.78, 5) is 14.2. The van der Waals surface area contributed by atoms with Crippen LogP contribution in [0.1, 0.15) is 51.9 Å². The highest BCUT2D eigenvalue weighted by Gasteiger charge is 2.31. The Bertz CT molecular complexity index is 253. The van der Waals surface area contributed by atoms with Crippen LogP contribution >= 0.6 is 0 Å². The molecular weight excluding hydrogens is 252 g/mol. The van der Waals surface area contributed by atoms with E-state index in [1.807, 2.05) is 0 Å². The monoisotopic (exact) mass is 284 g/mol. The van der Waals surface area contributed by atoms with Crippen molar-refractivity contribution in [2.24, 2.45) is 5.92 Å². The smallest absolute Gasteiger partial charge is 0.225 e. The number of rotatable bonds is 12. The van der Waals surface area contributed by atoms with Gasteiger partial charge in [0.2, 0.25) is 5.91 Å². The largest absolute Gasteiger partial charge is 0.385 e. The second-order valence-electron chi connectivity index (χ2n) is 5.86. The van der Waals surface area contributed by atoms with Crippen molar-refractivity contribution in [1.29, 1.82) is 0 Å². The van der Waals surface area contributed by atoms with Crippen molar-refractivity contribution in [3.05, 3.63) is 0 Å². The molecule has 1 aliphatic rings. The van der Waals surface area contributed by atoms with E-state index in [2.05, 4.69) is 17.1 Å². The molecule has 1 rings (SSSR count). The molecule has 118 valence electrons. The predicted octanol–water partition coefficient (Wildman–Crippen LogP) is 2.43. The van der Waals surface area contributed by atoms with Crippen molar-refractivity contribution in [2.45, 2.75) is 51.9 Å². The molecule has 0 aromatic rings. The second-order valence-corrected chi connectivity index (χ2v) is 5.86. The summed E-state index contributed by atoms with van der Waals surface area (Å²) in [5, 5.41) is 3.07. The Hall–Kier alpha value is -0.610. The van der Waals surface area contributed by atoms with Crippen molar-refractivity contribution in [3.63, 3.8) is 0 Å². The third-order valence-corrected chi connectivity index (χ3v) is 3.94. The molecule has 1 saturated heterocycles. The van der Waals surface area contributed by atoms with Crippen molar-refractivity contribution in [1.82, 2.24) is 10.2 Å². The molecule has 1 amide bonds. The average molecular weight is 284 g/mol. The number of carbonyl (C=O) groups is 1. The summed E-state index contributed by atoms with van der Waals surface area (Å²) in [6.07, 6.45) is 8.50. The van der Waals surface area contributed by atoms with Crippen molar-refractivity contribution >= 4 is 5.91 Å². The highest BCUT2D eigenvalue weighted by Crippen LogP contribution is 2.15. The number of methoxy groups -OCH3 is 1. The number of carbonyl (C=O) groups excluding carboxylic acids is 1. The van der Waals surface area contributed by atoms with Crippen LogP contribution in [0.3, 0.4) is 0 Å². The predicted molar refractivity (Wildman–Crippen MR) is 82.8 cm³/mol. The first kappa shape index (κ1) is 17.4. The molecule has 0 spiro atoms. The topological polar surface area (TPSA) is 41.6 Å². The molecule has 1 fully saturated rings. The van der Waals surface area contributed by atoms with Crippen LogP contribution in [0.4, 0.5) is 0 Å². The summed E-state index contributed by atoms with van der Waals surface area (Å²) in [6.45, 7) is 6.96. The number of ether oxygens (including phenoxy) is 1. The first-order chi connectivity index (χ1) is 9.77. The zero-order valence-corrected chi connectivity index (χ0v) is 13.3. The number of likely N-dealkylation sites (tertiary alicyclic amines) is 1. The first-order valence-corrected chi connectivity index (χ1v) is 8.27. The van der Waals surface area contributed by atoms with Gasteiger partial charge in [-0.05, 0) is 25.8 Å². The Kier molecular flexibility index (Phi) is 9.67. The van der Waals surface area contributed by atoms with Crippen LogP contribution < -0.4 is 5.32 Å².